The number of ketones is 1. The number of rotatable bonds is 12. The van der Waals surface area contributed by atoms with E-state index in [1.54, 1.807) is 50.2 Å². The predicted molar refractivity (Wildman–Crippen MR) is 167 cm³/mol. The predicted octanol–water partition coefficient (Wildman–Crippen LogP) is 5.19. The van der Waals surface area contributed by atoms with Crippen LogP contribution < -0.4 is 18.9 Å². The van der Waals surface area contributed by atoms with Crippen LogP contribution in [-0.4, -0.2) is 56.4 Å². The standard InChI is InChI=1S/C33H41FN2O7S/c1-20(37)18-42-26-13-10-22(16-27(26)41-7)25(38)14-15-33(6,39)28-17-24-30(29(35-28)21-8-11-23(34)12-9-21)43-19-32(24,5)36-44(40)31(2,3)4/h8-13,16-17,20,36-37,39H,14-15,18-19H2,1-7H3/t20-,32-,33-,44?/m1/s1. The monoisotopic (exact) mass is 628 g/mol. The molecule has 1 unspecified atom stereocenters. The number of benzene rings is 2. The summed E-state index contributed by atoms with van der Waals surface area (Å²) in [6.07, 6.45) is -0.628. The molecule has 0 bridgehead atoms. The van der Waals surface area contributed by atoms with Gasteiger partial charge in [-0.2, -0.15) is 0 Å². The fourth-order valence-corrected chi connectivity index (χ4v) is 5.59. The molecule has 3 N–H and O–H groups in total. The van der Waals surface area contributed by atoms with Gasteiger partial charge in [-0.25, -0.2) is 18.3 Å². The molecule has 0 fully saturated rings. The van der Waals surface area contributed by atoms with Crippen LogP contribution in [0.15, 0.2) is 48.5 Å². The molecule has 1 aliphatic heterocycles. The average Bonchev–Trinajstić information content (AvgIpc) is 3.30. The SMILES string of the molecule is COc1cc(C(=O)CC[C@@](C)(O)c2cc3c(c(-c4ccc(F)cc4)n2)OC[C@@]3(C)NS(=O)C(C)(C)C)ccc1OC[C@@H](C)O. The van der Waals surface area contributed by atoms with Crippen LogP contribution in [0.4, 0.5) is 4.39 Å². The number of ether oxygens (including phenoxy) is 3. The first-order valence-electron chi connectivity index (χ1n) is 14.4. The van der Waals surface area contributed by atoms with Gasteiger partial charge in [-0.1, -0.05) is 0 Å². The summed E-state index contributed by atoms with van der Waals surface area (Å²) >= 11 is 0. The Hall–Kier alpha value is -3.38. The van der Waals surface area contributed by atoms with Crippen molar-refractivity contribution in [3.8, 4) is 28.5 Å². The van der Waals surface area contributed by atoms with Crippen LogP contribution in [0, 0.1) is 5.82 Å². The van der Waals surface area contributed by atoms with Gasteiger partial charge in [0.05, 0.1) is 40.2 Å². The zero-order chi connectivity index (χ0) is 32.4. The molecule has 9 nitrogen and oxygen atoms in total. The molecule has 0 aliphatic carbocycles. The van der Waals surface area contributed by atoms with Gasteiger partial charge in [0.2, 0.25) is 0 Å². The zero-order valence-corrected chi connectivity index (χ0v) is 27.0. The molecule has 1 aromatic heterocycles. The summed E-state index contributed by atoms with van der Waals surface area (Å²) in [4.78, 5) is 18.0. The first-order valence-corrected chi connectivity index (χ1v) is 15.6. The number of aromatic nitrogens is 1. The zero-order valence-electron chi connectivity index (χ0n) is 26.2. The van der Waals surface area contributed by atoms with Gasteiger partial charge in [0, 0.05) is 23.1 Å². The fourth-order valence-electron chi connectivity index (χ4n) is 4.70. The van der Waals surface area contributed by atoms with Gasteiger partial charge in [-0.15, -0.1) is 0 Å². The first kappa shape index (κ1) is 33.5. The van der Waals surface area contributed by atoms with Crippen molar-refractivity contribution in [3.63, 3.8) is 0 Å². The highest BCUT2D eigenvalue weighted by molar-refractivity contribution is 7.84. The van der Waals surface area contributed by atoms with Gasteiger partial charge in [0.15, 0.2) is 23.0 Å². The van der Waals surface area contributed by atoms with Crippen molar-refractivity contribution < 1.29 is 37.8 Å². The van der Waals surface area contributed by atoms with Gasteiger partial charge in [0.25, 0.3) is 0 Å². The van der Waals surface area contributed by atoms with Crippen molar-refractivity contribution in [2.45, 2.75) is 76.4 Å². The Morgan fingerprint density at radius 1 is 1.16 bits per heavy atom. The van der Waals surface area contributed by atoms with E-state index in [0.29, 0.717) is 45.3 Å². The van der Waals surface area contributed by atoms with Crippen LogP contribution in [0.25, 0.3) is 11.3 Å². The van der Waals surface area contributed by atoms with E-state index >= 15 is 0 Å². The number of methoxy groups -OCH3 is 1. The summed E-state index contributed by atoms with van der Waals surface area (Å²) in [6, 6.07) is 12.3. The van der Waals surface area contributed by atoms with E-state index in [4.69, 9.17) is 19.2 Å². The van der Waals surface area contributed by atoms with E-state index in [0.717, 1.165) is 0 Å². The van der Waals surface area contributed by atoms with Crippen LogP contribution in [-0.2, 0) is 22.1 Å². The van der Waals surface area contributed by atoms with Gasteiger partial charge in [0.1, 0.15) is 30.3 Å². The number of nitrogens with one attached hydrogen (secondary N) is 1. The molecule has 11 heteroatoms. The van der Waals surface area contributed by atoms with E-state index in [2.05, 4.69) is 4.72 Å². The van der Waals surface area contributed by atoms with E-state index in [9.17, 15) is 23.6 Å². The number of carbonyl (C=O) groups is 1. The lowest BCUT2D eigenvalue weighted by Crippen LogP contribution is -2.47. The largest absolute Gasteiger partial charge is 0.493 e. The highest BCUT2D eigenvalue weighted by atomic mass is 32.2. The smallest absolute Gasteiger partial charge is 0.163 e. The Bertz CT molecular complexity index is 1540. The van der Waals surface area contributed by atoms with E-state index in [-0.39, 0.29) is 31.8 Å². The van der Waals surface area contributed by atoms with Crippen LogP contribution in [0.5, 0.6) is 17.2 Å². The highest BCUT2D eigenvalue weighted by Gasteiger charge is 2.43. The second-order valence-corrected chi connectivity index (χ2v) is 14.5. The van der Waals surface area contributed by atoms with Crippen molar-refractivity contribution >= 4 is 16.8 Å². The number of pyridine rings is 1. The number of carbonyl (C=O) groups excluding carboxylic acids is 1. The maximum absolute atomic E-state index is 13.8. The summed E-state index contributed by atoms with van der Waals surface area (Å²) in [6.45, 7) is 10.9. The summed E-state index contributed by atoms with van der Waals surface area (Å²) < 4.78 is 46.6. The number of hydrogen-bond donors (Lipinski definition) is 3. The third-order valence-electron chi connectivity index (χ3n) is 7.42. The Kier molecular flexibility index (Phi) is 9.84. The molecule has 2 heterocycles. The highest BCUT2D eigenvalue weighted by Crippen LogP contribution is 2.45. The molecule has 4 atom stereocenters. The van der Waals surface area contributed by atoms with Crippen LogP contribution in [0.3, 0.4) is 0 Å². The molecule has 4 rings (SSSR count). The molecule has 3 aromatic rings. The maximum atomic E-state index is 13.8. The molecular weight excluding hydrogens is 587 g/mol. The van der Waals surface area contributed by atoms with Crippen LogP contribution in [0.2, 0.25) is 0 Å². The Balaban J connectivity index is 1.65. The fraction of sp³-hybridized carbons (Fsp3) is 0.455. The Labute approximate surface area is 260 Å². The van der Waals surface area contributed by atoms with Crippen molar-refractivity contribution in [1.29, 1.82) is 0 Å². The van der Waals surface area contributed by atoms with Crippen LogP contribution in [0.1, 0.15) is 76.0 Å². The summed E-state index contributed by atoms with van der Waals surface area (Å²) in [5, 5.41) is 21.2. The lowest BCUT2D eigenvalue weighted by atomic mass is 9.88. The lowest BCUT2D eigenvalue weighted by molar-refractivity contribution is 0.0396. The molecule has 1 aliphatic rings. The normalized spacial score (nSPS) is 19.0. The second kappa shape index (κ2) is 12.9. The van der Waals surface area contributed by atoms with E-state index < -0.39 is 38.8 Å². The third-order valence-corrected chi connectivity index (χ3v) is 9.17. The summed E-state index contributed by atoms with van der Waals surface area (Å²) in [5.41, 5.74) is -0.0927. The van der Waals surface area contributed by atoms with Crippen molar-refractivity contribution in [2.75, 3.05) is 20.3 Å². The summed E-state index contributed by atoms with van der Waals surface area (Å²) in [5.74, 6) is 0.587. The number of aliphatic hydroxyl groups excluding tert-OH is 1. The van der Waals surface area contributed by atoms with Gasteiger partial charge >= 0.3 is 0 Å². The van der Waals surface area contributed by atoms with E-state index in [1.165, 1.54) is 19.2 Å². The summed E-state index contributed by atoms with van der Waals surface area (Å²) in [7, 11) is 0.0297. The molecule has 0 saturated heterocycles. The topological polar surface area (TPSA) is 127 Å². The van der Waals surface area contributed by atoms with E-state index in [1.807, 2.05) is 27.7 Å². The molecule has 2 aromatic carbocycles. The molecule has 238 valence electrons. The minimum Gasteiger partial charge on any atom is -0.493 e. The van der Waals surface area contributed by atoms with Crippen molar-refractivity contribution in [3.05, 3.63) is 71.2 Å². The van der Waals surface area contributed by atoms with Crippen molar-refractivity contribution in [2.24, 2.45) is 0 Å². The molecule has 0 saturated carbocycles. The Morgan fingerprint density at radius 3 is 2.45 bits per heavy atom. The number of nitrogens with zero attached hydrogens (tertiary/aromatic N) is 1. The third kappa shape index (κ3) is 7.46. The number of hydrogen-bond acceptors (Lipinski definition) is 8. The molecule has 44 heavy (non-hydrogen) atoms. The average molecular weight is 629 g/mol. The molecule has 0 spiro atoms. The van der Waals surface area contributed by atoms with Crippen LogP contribution >= 0.6 is 0 Å². The second-order valence-electron chi connectivity index (χ2n) is 12.6. The number of aliphatic hydroxyl groups is 2. The van der Waals surface area contributed by atoms with Gasteiger partial charge in [-0.3, -0.25) is 4.79 Å². The van der Waals surface area contributed by atoms with Gasteiger partial charge < -0.3 is 24.4 Å². The lowest BCUT2D eigenvalue weighted by Gasteiger charge is -2.30. The minimum absolute atomic E-state index is 0.00522. The maximum Gasteiger partial charge on any atom is 0.163 e. The first-order chi connectivity index (χ1) is 20.5. The number of halogens is 1. The molecule has 0 amide bonds. The van der Waals surface area contributed by atoms with Gasteiger partial charge in [-0.05, 0) is 96.5 Å². The Morgan fingerprint density at radius 2 is 1.84 bits per heavy atom. The minimum atomic E-state index is -1.55. The number of fused-ring (bicyclic) bond motifs is 1. The molecular formula is C33H41FN2O7S. The molecule has 0 radical (unpaired) electrons. The van der Waals surface area contributed by atoms with Crippen molar-refractivity contribution in [1.82, 2.24) is 9.71 Å². The quantitative estimate of drug-likeness (QED) is 0.234. The number of Topliss-reactive ketones (excluding diaryl/α,β-unsaturated/α-hetero) is 1.